The summed E-state index contributed by atoms with van der Waals surface area (Å²) in [5, 5.41) is 25.6. The average molecular weight is 321 g/mol. The van der Waals surface area contributed by atoms with Crippen molar-refractivity contribution < 1.29 is 29.3 Å². The van der Waals surface area contributed by atoms with Gasteiger partial charge in [0.15, 0.2) is 5.69 Å². The van der Waals surface area contributed by atoms with Crippen molar-refractivity contribution in [1.29, 1.82) is 0 Å². The predicted octanol–water partition coefficient (Wildman–Crippen LogP) is -0.516. The molecule has 1 saturated heterocycles. The number of carbonyl (C=O) groups excluding carboxylic acids is 1. The molecule has 1 aliphatic carbocycles. The van der Waals surface area contributed by atoms with Gasteiger partial charge in [-0.15, -0.1) is 0 Å². The quantitative estimate of drug-likeness (QED) is 0.682. The molecule has 23 heavy (non-hydrogen) atoms. The molecule has 122 valence electrons. The first-order valence-corrected chi connectivity index (χ1v) is 7.31. The van der Waals surface area contributed by atoms with Crippen LogP contribution in [0, 0.1) is 10.8 Å². The molecule has 0 radical (unpaired) electrons. The zero-order chi connectivity index (χ0) is 16.4. The summed E-state index contributed by atoms with van der Waals surface area (Å²) < 4.78 is 5.33. The topological polar surface area (TPSA) is 133 Å². The van der Waals surface area contributed by atoms with E-state index >= 15 is 0 Å². The van der Waals surface area contributed by atoms with Gasteiger partial charge in [-0.3, -0.25) is 19.5 Å². The van der Waals surface area contributed by atoms with Gasteiger partial charge < -0.3 is 19.8 Å². The maximum atomic E-state index is 12.7. The lowest BCUT2D eigenvalue weighted by Gasteiger charge is -2.20. The summed E-state index contributed by atoms with van der Waals surface area (Å²) in [5.41, 5.74) is -1.04. The first kappa shape index (κ1) is 14.2. The average Bonchev–Trinajstić information content (AvgIpc) is 2.87. The van der Waals surface area contributed by atoms with Gasteiger partial charge in [-0.25, -0.2) is 0 Å². The van der Waals surface area contributed by atoms with Gasteiger partial charge in [-0.1, -0.05) is 0 Å². The Labute approximate surface area is 130 Å². The number of piperidine rings is 1. The highest BCUT2D eigenvalue weighted by Gasteiger charge is 2.81. The number of rotatable bonds is 3. The number of carbonyl (C=O) groups is 3. The van der Waals surface area contributed by atoms with Crippen LogP contribution in [0.2, 0.25) is 0 Å². The molecule has 3 aliphatic rings. The van der Waals surface area contributed by atoms with Gasteiger partial charge in [0.05, 0.1) is 13.2 Å². The molecule has 2 fully saturated rings. The minimum absolute atomic E-state index is 0.0657. The van der Waals surface area contributed by atoms with Crippen molar-refractivity contribution in [3.05, 3.63) is 17.0 Å². The number of fused-ring (bicyclic) bond motifs is 2. The molecule has 0 bridgehead atoms. The summed E-state index contributed by atoms with van der Waals surface area (Å²) in [5.74, 6) is -2.77. The highest BCUT2D eigenvalue weighted by atomic mass is 16.5. The largest absolute Gasteiger partial charge is 0.481 e. The summed E-state index contributed by atoms with van der Waals surface area (Å²) in [6.07, 6.45) is 0.698. The maximum absolute atomic E-state index is 12.7. The van der Waals surface area contributed by atoms with Crippen molar-refractivity contribution in [2.75, 3.05) is 19.7 Å². The Morgan fingerprint density at radius 3 is 2.43 bits per heavy atom. The van der Waals surface area contributed by atoms with Crippen LogP contribution in [-0.4, -0.2) is 62.9 Å². The summed E-state index contributed by atoms with van der Waals surface area (Å²) in [7, 11) is 0. The number of hydrogen-bond donors (Lipinski definition) is 3. The number of carboxylic acids is 2. The first-order chi connectivity index (χ1) is 10.9. The van der Waals surface area contributed by atoms with Crippen molar-refractivity contribution in [3.63, 3.8) is 0 Å². The Kier molecular flexibility index (Phi) is 2.66. The third-order valence-electron chi connectivity index (χ3n) is 5.32. The van der Waals surface area contributed by atoms with E-state index < -0.39 is 28.7 Å². The number of aromatic amines is 1. The van der Waals surface area contributed by atoms with E-state index in [4.69, 9.17) is 4.74 Å². The molecule has 0 aromatic carbocycles. The van der Waals surface area contributed by atoms with Gasteiger partial charge in [0.1, 0.15) is 10.8 Å². The van der Waals surface area contributed by atoms with Crippen molar-refractivity contribution in [2.24, 2.45) is 10.8 Å². The molecule has 3 heterocycles. The zero-order valence-electron chi connectivity index (χ0n) is 12.2. The van der Waals surface area contributed by atoms with E-state index in [2.05, 4.69) is 10.2 Å². The number of likely N-dealkylation sites (tertiary alicyclic amines) is 1. The van der Waals surface area contributed by atoms with Gasteiger partial charge in [0.2, 0.25) is 0 Å². The minimum atomic E-state index is -1.37. The SMILES string of the molecule is O=C(c1n[nH]c2c1COCC2)N1C[C@@]2(C(=O)O)C[C@@]2(C(=O)O)C1. The molecule has 1 saturated carbocycles. The van der Waals surface area contributed by atoms with Crippen LogP contribution >= 0.6 is 0 Å². The molecule has 9 nitrogen and oxygen atoms in total. The Morgan fingerprint density at radius 1 is 1.17 bits per heavy atom. The second-order valence-corrected chi connectivity index (χ2v) is 6.44. The van der Waals surface area contributed by atoms with Gasteiger partial charge in [0.25, 0.3) is 5.91 Å². The zero-order valence-corrected chi connectivity index (χ0v) is 12.2. The molecule has 1 aromatic heterocycles. The number of carboxylic acid groups (broad SMARTS) is 2. The van der Waals surface area contributed by atoms with E-state index in [1.807, 2.05) is 0 Å². The molecule has 2 aliphatic heterocycles. The molecule has 1 amide bonds. The number of aliphatic carboxylic acids is 2. The van der Waals surface area contributed by atoms with Crippen LogP contribution in [0.25, 0.3) is 0 Å². The normalized spacial score (nSPS) is 31.4. The lowest BCUT2D eigenvalue weighted by molar-refractivity contribution is -0.151. The van der Waals surface area contributed by atoms with E-state index in [0.717, 1.165) is 5.69 Å². The summed E-state index contributed by atoms with van der Waals surface area (Å²) >= 11 is 0. The van der Waals surface area contributed by atoms with Crippen molar-refractivity contribution in [3.8, 4) is 0 Å². The summed E-state index contributed by atoms with van der Waals surface area (Å²) in [6.45, 7) is 0.623. The van der Waals surface area contributed by atoms with Crippen molar-refractivity contribution >= 4 is 17.8 Å². The fourth-order valence-electron chi connectivity index (χ4n) is 3.87. The number of ether oxygens (including phenoxy) is 1. The summed E-state index contributed by atoms with van der Waals surface area (Å²) in [4.78, 5) is 37.0. The Morgan fingerprint density at radius 2 is 1.83 bits per heavy atom. The van der Waals surface area contributed by atoms with Crippen LogP contribution in [-0.2, 0) is 27.4 Å². The van der Waals surface area contributed by atoms with Gasteiger partial charge >= 0.3 is 11.9 Å². The second-order valence-electron chi connectivity index (χ2n) is 6.44. The Hall–Kier alpha value is -2.42. The monoisotopic (exact) mass is 321 g/mol. The molecular formula is C14H15N3O6. The number of amides is 1. The second kappa shape index (κ2) is 4.31. The molecule has 2 atom stereocenters. The highest BCUT2D eigenvalue weighted by molar-refractivity contribution is 5.99. The standard InChI is InChI=1S/C14H15N3O6/c18-10(9-7-3-23-2-1-8(7)15-16-9)17-5-13(11(19)20)4-14(13,6-17)12(21)22/h1-6H2,(H,15,16)(H,19,20)(H,21,22)/t13-,14+. The van der Waals surface area contributed by atoms with Crippen molar-refractivity contribution in [2.45, 2.75) is 19.4 Å². The van der Waals surface area contributed by atoms with Gasteiger partial charge in [-0.2, -0.15) is 5.10 Å². The smallest absolute Gasteiger partial charge is 0.312 e. The lowest BCUT2D eigenvalue weighted by Crippen LogP contribution is -2.35. The number of nitrogens with zero attached hydrogens (tertiary/aromatic N) is 2. The van der Waals surface area contributed by atoms with E-state index in [9.17, 15) is 24.6 Å². The third-order valence-corrected chi connectivity index (χ3v) is 5.32. The highest BCUT2D eigenvalue weighted by Crippen LogP contribution is 2.68. The number of aromatic nitrogens is 2. The van der Waals surface area contributed by atoms with Gasteiger partial charge in [0, 0.05) is 30.8 Å². The van der Waals surface area contributed by atoms with E-state index in [1.165, 1.54) is 4.90 Å². The third kappa shape index (κ3) is 1.65. The molecule has 9 heteroatoms. The molecule has 1 aromatic rings. The Balaban J connectivity index is 1.63. The number of hydrogen-bond acceptors (Lipinski definition) is 5. The van der Waals surface area contributed by atoms with Crippen LogP contribution in [0.3, 0.4) is 0 Å². The molecular weight excluding hydrogens is 306 g/mol. The molecule has 3 N–H and O–H groups in total. The molecule has 0 unspecified atom stereocenters. The fourth-order valence-corrected chi connectivity index (χ4v) is 3.87. The van der Waals surface area contributed by atoms with Crippen LogP contribution in [0.5, 0.6) is 0 Å². The summed E-state index contributed by atoms with van der Waals surface area (Å²) in [6, 6.07) is 0. The van der Waals surface area contributed by atoms with Crippen molar-refractivity contribution in [1.82, 2.24) is 15.1 Å². The van der Waals surface area contributed by atoms with Crippen LogP contribution < -0.4 is 0 Å². The van der Waals surface area contributed by atoms with E-state index in [1.54, 1.807) is 0 Å². The Bertz CT molecular complexity index is 715. The van der Waals surface area contributed by atoms with Crippen LogP contribution in [0.1, 0.15) is 28.2 Å². The fraction of sp³-hybridized carbons (Fsp3) is 0.571. The number of nitrogens with one attached hydrogen (secondary N) is 1. The number of H-pyrrole nitrogens is 1. The van der Waals surface area contributed by atoms with Crippen LogP contribution in [0.15, 0.2) is 0 Å². The molecule has 0 spiro atoms. The predicted molar refractivity (Wildman–Crippen MR) is 72.6 cm³/mol. The van der Waals surface area contributed by atoms with Crippen LogP contribution in [0.4, 0.5) is 0 Å². The lowest BCUT2D eigenvalue weighted by atomic mass is 9.97. The minimum Gasteiger partial charge on any atom is -0.481 e. The maximum Gasteiger partial charge on any atom is 0.312 e. The van der Waals surface area contributed by atoms with E-state index in [0.29, 0.717) is 18.6 Å². The first-order valence-electron chi connectivity index (χ1n) is 7.31. The van der Waals surface area contributed by atoms with E-state index in [-0.39, 0.29) is 31.8 Å². The van der Waals surface area contributed by atoms with Gasteiger partial charge in [-0.05, 0) is 6.42 Å². The molecule has 4 rings (SSSR count).